The maximum absolute atomic E-state index is 13.8. The molecule has 39 heavy (non-hydrogen) atoms. The molecule has 208 valence electrons. The van der Waals surface area contributed by atoms with Gasteiger partial charge in [-0.25, -0.2) is 8.42 Å². The van der Waals surface area contributed by atoms with Gasteiger partial charge in [0.1, 0.15) is 0 Å². The van der Waals surface area contributed by atoms with Crippen LogP contribution in [-0.4, -0.2) is 41.3 Å². The number of amides is 1. The summed E-state index contributed by atoms with van der Waals surface area (Å²) in [6.07, 6.45) is 4.64. The van der Waals surface area contributed by atoms with Crippen molar-refractivity contribution in [2.75, 3.05) is 6.54 Å². The van der Waals surface area contributed by atoms with E-state index in [0.29, 0.717) is 23.5 Å². The van der Waals surface area contributed by atoms with Gasteiger partial charge in [-0.1, -0.05) is 36.4 Å². The van der Waals surface area contributed by atoms with Crippen LogP contribution in [0.25, 0.3) is 0 Å². The van der Waals surface area contributed by atoms with E-state index in [-0.39, 0.29) is 23.9 Å². The van der Waals surface area contributed by atoms with Crippen LogP contribution in [0.4, 0.5) is 0 Å². The van der Waals surface area contributed by atoms with Crippen LogP contribution >= 0.6 is 0 Å². The van der Waals surface area contributed by atoms with Crippen molar-refractivity contribution in [3.63, 3.8) is 0 Å². The van der Waals surface area contributed by atoms with Gasteiger partial charge < -0.3 is 15.2 Å². The quantitative estimate of drug-likeness (QED) is 0.456. The fourth-order valence-electron chi connectivity index (χ4n) is 5.78. The second kappa shape index (κ2) is 10.9. The van der Waals surface area contributed by atoms with Crippen molar-refractivity contribution in [1.29, 1.82) is 0 Å². The van der Waals surface area contributed by atoms with Crippen LogP contribution in [0.15, 0.2) is 65.7 Å². The highest BCUT2D eigenvalue weighted by atomic mass is 32.2. The molecule has 0 radical (unpaired) electrons. The summed E-state index contributed by atoms with van der Waals surface area (Å²) >= 11 is 0. The first-order valence-corrected chi connectivity index (χ1v) is 15.3. The summed E-state index contributed by atoms with van der Waals surface area (Å²) in [6.45, 7) is 10.0. The number of rotatable bonds is 7. The number of hydrogen-bond donors (Lipinski definition) is 2. The Labute approximate surface area is 232 Å². The summed E-state index contributed by atoms with van der Waals surface area (Å²) in [7, 11) is -3.76. The highest BCUT2D eigenvalue weighted by Gasteiger charge is 2.38. The number of nitrogens with zero attached hydrogens (tertiary/aromatic N) is 2. The predicted octanol–water partition coefficient (Wildman–Crippen LogP) is 4.49. The number of sulfonamides is 1. The molecule has 0 fully saturated rings. The van der Waals surface area contributed by atoms with Gasteiger partial charge in [-0.05, 0) is 87.4 Å². The summed E-state index contributed by atoms with van der Waals surface area (Å²) in [5, 5.41) is 6.78. The van der Waals surface area contributed by atoms with Gasteiger partial charge in [0.2, 0.25) is 15.9 Å². The number of aryl methyl sites for hydroxylation is 2. The molecule has 1 amide bonds. The fourth-order valence-corrected chi connectivity index (χ4v) is 7.60. The Hall–Kier alpha value is -2.94. The zero-order valence-corrected chi connectivity index (χ0v) is 24.2. The minimum Gasteiger partial charge on any atom is -0.353 e. The molecule has 0 bridgehead atoms. The molecule has 0 spiro atoms. The molecule has 3 aromatic rings. The van der Waals surface area contributed by atoms with E-state index in [0.717, 1.165) is 31.5 Å². The van der Waals surface area contributed by atoms with Crippen LogP contribution in [0.2, 0.25) is 0 Å². The highest BCUT2D eigenvalue weighted by Crippen LogP contribution is 2.35. The topological polar surface area (TPSA) is 83.4 Å². The molecule has 2 N–H and O–H groups in total. The standard InChI is InChI=1S/C31H40N4O3S/c1-22-8-5-6-10-29(22)39(37,38)35-17-16-34-15-7-9-27(34)28(35)20-30(36)33-26-14-13-24-18-23(11-12-25(24)19-26)21-32-31(2,3)4/h5-12,15,18,26,28,32H,13-14,16-17,19-21H2,1-4H3,(H,33,36). The van der Waals surface area contributed by atoms with Gasteiger partial charge in [-0.15, -0.1) is 0 Å². The van der Waals surface area contributed by atoms with Gasteiger partial charge in [-0.2, -0.15) is 4.31 Å². The second-order valence-corrected chi connectivity index (χ2v) is 13.8. The van der Waals surface area contributed by atoms with Crippen LogP contribution in [0.3, 0.4) is 0 Å². The maximum Gasteiger partial charge on any atom is 0.244 e. The minimum absolute atomic E-state index is 0.0420. The SMILES string of the molecule is Cc1ccccc1S(=O)(=O)N1CCn2cccc2C1CC(=O)NC1CCc2cc(CNC(C)(C)C)ccc2C1. The van der Waals surface area contributed by atoms with E-state index in [1.165, 1.54) is 21.0 Å². The molecule has 1 aromatic heterocycles. The van der Waals surface area contributed by atoms with Crippen molar-refractivity contribution in [2.24, 2.45) is 0 Å². The first kappa shape index (κ1) is 27.6. The van der Waals surface area contributed by atoms with Crippen molar-refractivity contribution in [1.82, 2.24) is 19.5 Å². The minimum atomic E-state index is -3.76. The summed E-state index contributed by atoms with van der Waals surface area (Å²) in [5.41, 5.74) is 5.55. The van der Waals surface area contributed by atoms with Crippen molar-refractivity contribution in [2.45, 2.75) is 89.0 Å². The second-order valence-electron chi connectivity index (χ2n) is 11.9. The summed E-state index contributed by atoms with van der Waals surface area (Å²) in [5.74, 6) is -0.112. The molecule has 2 atom stereocenters. The number of benzene rings is 2. The number of nitrogens with one attached hydrogen (secondary N) is 2. The van der Waals surface area contributed by atoms with Crippen molar-refractivity contribution >= 4 is 15.9 Å². The Morgan fingerprint density at radius 2 is 1.82 bits per heavy atom. The first-order chi connectivity index (χ1) is 18.5. The number of carbonyl (C=O) groups is 1. The van der Waals surface area contributed by atoms with Gasteiger partial charge in [0.05, 0.1) is 10.9 Å². The largest absolute Gasteiger partial charge is 0.353 e. The molecule has 0 saturated carbocycles. The Morgan fingerprint density at radius 1 is 1.03 bits per heavy atom. The van der Waals surface area contributed by atoms with Crippen LogP contribution in [0.1, 0.15) is 67.6 Å². The van der Waals surface area contributed by atoms with E-state index in [9.17, 15) is 13.2 Å². The van der Waals surface area contributed by atoms with Gasteiger partial charge in [0.15, 0.2) is 0 Å². The van der Waals surface area contributed by atoms with Crippen molar-refractivity contribution in [3.05, 3.63) is 88.7 Å². The lowest BCUT2D eigenvalue weighted by Crippen LogP contribution is -2.45. The lowest BCUT2D eigenvalue weighted by atomic mass is 9.87. The van der Waals surface area contributed by atoms with E-state index in [1.807, 2.05) is 37.4 Å². The molecular formula is C31H40N4O3S. The van der Waals surface area contributed by atoms with E-state index in [2.05, 4.69) is 54.2 Å². The molecule has 2 heterocycles. The number of aromatic nitrogens is 1. The normalized spacial score (nSPS) is 19.8. The Balaban J connectivity index is 1.28. The van der Waals surface area contributed by atoms with E-state index >= 15 is 0 Å². The summed E-state index contributed by atoms with van der Waals surface area (Å²) in [4.78, 5) is 13.7. The lowest BCUT2D eigenvalue weighted by molar-refractivity contribution is -0.123. The monoisotopic (exact) mass is 548 g/mol. The zero-order valence-electron chi connectivity index (χ0n) is 23.4. The summed E-state index contributed by atoms with van der Waals surface area (Å²) < 4.78 is 31.1. The van der Waals surface area contributed by atoms with E-state index in [1.54, 1.807) is 12.1 Å². The molecule has 7 nitrogen and oxygen atoms in total. The van der Waals surface area contributed by atoms with Crippen molar-refractivity contribution in [3.8, 4) is 0 Å². The molecule has 5 rings (SSSR count). The van der Waals surface area contributed by atoms with E-state index < -0.39 is 16.1 Å². The fraction of sp³-hybridized carbons (Fsp3) is 0.452. The molecule has 2 aliphatic rings. The molecular weight excluding hydrogens is 508 g/mol. The molecule has 1 aliphatic carbocycles. The Kier molecular flexibility index (Phi) is 7.73. The van der Waals surface area contributed by atoms with Crippen molar-refractivity contribution < 1.29 is 13.2 Å². The van der Waals surface area contributed by atoms with E-state index in [4.69, 9.17) is 0 Å². The third-order valence-corrected chi connectivity index (χ3v) is 9.93. The average Bonchev–Trinajstić information content (AvgIpc) is 3.37. The highest BCUT2D eigenvalue weighted by molar-refractivity contribution is 7.89. The summed E-state index contributed by atoms with van der Waals surface area (Å²) in [6, 6.07) is 17.1. The average molecular weight is 549 g/mol. The van der Waals surface area contributed by atoms with Crippen LogP contribution in [0.5, 0.6) is 0 Å². The number of fused-ring (bicyclic) bond motifs is 2. The number of hydrogen-bond acceptors (Lipinski definition) is 4. The predicted molar refractivity (Wildman–Crippen MR) is 154 cm³/mol. The van der Waals surface area contributed by atoms with Crippen LogP contribution < -0.4 is 10.6 Å². The Morgan fingerprint density at radius 3 is 2.59 bits per heavy atom. The third kappa shape index (κ3) is 6.13. The lowest BCUT2D eigenvalue weighted by Gasteiger charge is -2.36. The van der Waals surface area contributed by atoms with Crippen LogP contribution in [-0.2, 0) is 40.7 Å². The first-order valence-electron chi connectivity index (χ1n) is 13.9. The van der Waals surface area contributed by atoms with Crippen LogP contribution in [0, 0.1) is 6.92 Å². The molecule has 0 saturated heterocycles. The maximum atomic E-state index is 13.8. The molecule has 2 unspecified atom stereocenters. The molecule has 1 aliphatic heterocycles. The smallest absolute Gasteiger partial charge is 0.244 e. The van der Waals surface area contributed by atoms with Gasteiger partial charge in [-0.3, -0.25) is 4.79 Å². The third-order valence-electron chi connectivity index (χ3n) is 7.86. The molecule has 8 heteroatoms. The Bertz CT molecular complexity index is 1450. The zero-order chi connectivity index (χ0) is 27.8. The number of carbonyl (C=O) groups excluding carboxylic acids is 1. The van der Waals surface area contributed by atoms with Gasteiger partial charge >= 0.3 is 0 Å². The molecule has 2 aromatic carbocycles. The van der Waals surface area contributed by atoms with Gasteiger partial charge in [0.25, 0.3) is 0 Å². The van der Waals surface area contributed by atoms with Gasteiger partial charge in [0, 0.05) is 49.5 Å².